The van der Waals surface area contributed by atoms with Crippen LogP contribution in [0.2, 0.25) is 0 Å². The van der Waals surface area contributed by atoms with Crippen molar-refractivity contribution < 1.29 is 4.79 Å². The van der Waals surface area contributed by atoms with Gasteiger partial charge in [-0.1, -0.05) is 18.7 Å². The number of rotatable bonds is 6. The van der Waals surface area contributed by atoms with Crippen LogP contribution in [0.3, 0.4) is 0 Å². The van der Waals surface area contributed by atoms with Crippen LogP contribution in [0, 0.1) is 0 Å². The minimum Gasteiger partial charge on any atom is -0.353 e. The van der Waals surface area contributed by atoms with Crippen LogP contribution in [-0.4, -0.2) is 27.3 Å². The van der Waals surface area contributed by atoms with Crippen molar-refractivity contribution in [3.05, 3.63) is 21.8 Å². The van der Waals surface area contributed by atoms with Crippen LogP contribution in [0.15, 0.2) is 21.4 Å². The smallest absolute Gasteiger partial charge is 0.272 e. The Balaban J connectivity index is 2.27. The summed E-state index contributed by atoms with van der Waals surface area (Å²) in [6, 6.07) is 1.96. The Morgan fingerprint density at radius 2 is 2.29 bits per heavy atom. The molecule has 7 heteroatoms. The van der Waals surface area contributed by atoms with Gasteiger partial charge in [-0.3, -0.25) is 14.2 Å². The van der Waals surface area contributed by atoms with E-state index in [9.17, 15) is 9.59 Å². The molecule has 0 aliphatic carbocycles. The summed E-state index contributed by atoms with van der Waals surface area (Å²) in [4.78, 5) is 28.7. The minimum absolute atomic E-state index is 0.0105. The monoisotopic (exact) mass is 325 g/mol. The van der Waals surface area contributed by atoms with Crippen molar-refractivity contribution in [1.82, 2.24) is 14.9 Å². The molecule has 0 atom stereocenters. The second kappa shape index (κ2) is 7.09. The first kappa shape index (κ1) is 16.0. The molecule has 0 fully saturated rings. The predicted molar refractivity (Wildman–Crippen MR) is 88.2 cm³/mol. The van der Waals surface area contributed by atoms with Gasteiger partial charge in [0.15, 0.2) is 5.16 Å². The summed E-state index contributed by atoms with van der Waals surface area (Å²) in [5.41, 5.74) is 0.702. The fourth-order valence-electron chi connectivity index (χ4n) is 1.95. The summed E-state index contributed by atoms with van der Waals surface area (Å²) in [6.07, 6.45) is 0.851. The summed E-state index contributed by atoms with van der Waals surface area (Å²) in [5, 5.41) is 5.33. The SMILES string of the molecule is CCCn1c(SCC(=O)NC(C)C)nc2ccsc2c1=O. The number of nitrogens with zero attached hydrogens (tertiary/aromatic N) is 2. The Kier molecular flexibility index (Phi) is 5.41. The lowest BCUT2D eigenvalue weighted by molar-refractivity contribution is -0.119. The number of thiophene rings is 1. The molecule has 21 heavy (non-hydrogen) atoms. The molecule has 5 nitrogen and oxygen atoms in total. The Morgan fingerprint density at radius 3 is 2.95 bits per heavy atom. The molecule has 0 aliphatic heterocycles. The van der Waals surface area contributed by atoms with Gasteiger partial charge in [-0.05, 0) is 31.7 Å². The molecule has 2 aromatic heterocycles. The lowest BCUT2D eigenvalue weighted by atomic mass is 10.4. The van der Waals surface area contributed by atoms with Crippen LogP contribution in [0.1, 0.15) is 27.2 Å². The number of carbonyl (C=O) groups is 1. The average molecular weight is 325 g/mol. The van der Waals surface area contributed by atoms with Crippen molar-refractivity contribution in [1.29, 1.82) is 0 Å². The van der Waals surface area contributed by atoms with E-state index in [2.05, 4.69) is 10.3 Å². The number of carbonyl (C=O) groups excluding carboxylic acids is 1. The third-order valence-electron chi connectivity index (χ3n) is 2.76. The summed E-state index contributed by atoms with van der Waals surface area (Å²) in [5.74, 6) is 0.224. The molecule has 0 spiro atoms. The third-order valence-corrected chi connectivity index (χ3v) is 4.63. The number of hydrogen-bond acceptors (Lipinski definition) is 5. The maximum atomic E-state index is 12.4. The minimum atomic E-state index is -0.0438. The van der Waals surface area contributed by atoms with Crippen LogP contribution < -0.4 is 10.9 Å². The molecule has 0 saturated heterocycles. The molecule has 0 radical (unpaired) electrons. The highest BCUT2D eigenvalue weighted by Crippen LogP contribution is 2.21. The van der Waals surface area contributed by atoms with Gasteiger partial charge in [-0.15, -0.1) is 11.3 Å². The van der Waals surface area contributed by atoms with Gasteiger partial charge < -0.3 is 5.32 Å². The number of hydrogen-bond donors (Lipinski definition) is 1. The Labute approximate surface area is 131 Å². The standard InChI is InChI=1S/C14H19N3O2S2/c1-4-6-17-13(19)12-10(5-7-20-12)16-14(17)21-8-11(18)15-9(2)3/h5,7,9H,4,6,8H2,1-3H3,(H,15,18). The van der Waals surface area contributed by atoms with Crippen molar-refractivity contribution in [2.75, 3.05) is 5.75 Å². The largest absolute Gasteiger partial charge is 0.353 e. The van der Waals surface area contributed by atoms with Crippen molar-refractivity contribution >= 4 is 39.2 Å². The molecule has 2 rings (SSSR count). The van der Waals surface area contributed by atoms with Crippen LogP contribution in [-0.2, 0) is 11.3 Å². The van der Waals surface area contributed by atoms with Gasteiger partial charge in [0.1, 0.15) is 4.70 Å². The van der Waals surface area contributed by atoms with Crippen LogP contribution in [0.25, 0.3) is 10.2 Å². The molecule has 0 unspecified atom stereocenters. The zero-order valence-electron chi connectivity index (χ0n) is 12.4. The molecule has 0 bridgehead atoms. The molecular formula is C14H19N3O2S2. The first-order valence-corrected chi connectivity index (χ1v) is 8.79. The predicted octanol–water partition coefficient (Wildman–Crippen LogP) is 2.48. The molecule has 1 N–H and O–H groups in total. The lowest BCUT2D eigenvalue weighted by Gasteiger charge is -2.11. The van der Waals surface area contributed by atoms with E-state index in [1.807, 2.05) is 32.2 Å². The van der Waals surface area contributed by atoms with Crippen LogP contribution >= 0.6 is 23.1 Å². The van der Waals surface area contributed by atoms with Gasteiger partial charge in [0, 0.05) is 12.6 Å². The van der Waals surface area contributed by atoms with Gasteiger partial charge in [0.2, 0.25) is 5.91 Å². The molecule has 0 saturated carbocycles. The van der Waals surface area contributed by atoms with E-state index < -0.39 is 0 Å². The highest BCUT2D eigenvalue weighted by molar-refractivity contribution is 7.99. The highest BCUT2D eigenvalue weighted by atomic mass is 32.2. The third kappa shape index (κ3) is 3.85. The molecule has 1 amide bonds. The summed E-state index contributed by atoms with van der Waals surface area (Å²) in [7, 11) is 0. The maximum absolute atomic E-state index is 12.4. The van der Waals surface area contributed by atoms with E-state index in [-0.39, 0.29) is 23.3 Å². The molecule has 0 aromatic carbocycles. The van der Waals surface area contributed by atoms with Gasteiger partial charge in [0.05, 0.1) is 11.3 Å². The van der Waals surface area contributed by atoms with Gasteiger partial charge in [-0.25, -0.2) is 4.98 Å². The van der Waals surface area contributed by atoms with E-state index in [0.717, 1.165) is 6.42 Å². The number of nitrogens with one attached hydrogen (secondary N) is 1. The summed E-state index contributed by atoms with van der Waals surface area (Å²) in [6.45, 7) is 6.48. The summed E-state index contributed by atoms with van der Waals surface area (Å²) < 4.78 is 2.35. The topological polar surface area (TPSA) is 64.0 Å². The average Bonchev–Trinajstić information content (AvgIpc) is 2.88. The van der Waals surface area contributed by atoms with Crippen molar-refractivity contribution in [2.24, 2.45) is 0 Å². The van der Waals surface area contributed by atoms with Crippen LogP contribution in [0.5, 0.6) is 0 Å². The lowest BCUT2D eigenvalue weighted by Crippen LogP contribution is -2.32. The fourth-order valence-corrected chi connectivity index (χ4v) is 3.56. The van der Waals surface area contributed by atoms with Gasteiger partial charge in [-0.2, -0.15) is 0 Å². The molecular weight excluding hydrogens is 306 g/mol. The Bertz CT molecular complexity index is 691. The highest BCUT2D eigenvalue weighted by Gasteiger charge is 2.13. The quantitative estimate of drug-likeness (QED) is 0.655. The number of thioether (sulfide) groups is 1. The zero-order chi connectivity index (χ0) is 15.4. The Morgan fingerprint density at radius 1 is 1.52 bits per heavy atom. The number of aromatic nitrogens is 2. The second-order valence-electron chi connectivity index (χ2n) is 5.00. The van der Waals surface area contributed by atoms with E-state index in [1.165, 1.54) is 23.1 Å². The number of amides is 1. The van der Waals surface area contributed by atoms with Crippen molar-refractivity contribution in [2.45, 2.75) is 44.9 Å². The van der Waals surface area contributed by atoms with Gasteiger partial charge >= 0.3 is 0 Å². The fraction of sp³-hybridized carbons (Fsp3) is 0.500. The molecule has 2 aromatic rings. The first-order chi connectivity index (χ1) is 10.0. The second-order valence-corrected chi connectivity index (χ2v) is 6.86. The Hall–Kier alpha value is -1.34. The normalized spacial score (nSPS) is 11.2. The first-order valence-electron chi connectivity index (χ1n) is 6.93. The van der Waals surface area contributed by atoms with E-state index in [0.29, 0.717) is 21.9 Å². The van der Waals surface area contributed by atoms with E-state index in [1.54, 1.807) is 4.57 Å². The molecule has 2 heterocycles. The van der Waals surface area contributed by atoms with E-state index >= 15 is 0 Å². The van der Waals surface area contributed by atoms with Crippen LogP contribution in [0.4, 0.5) is 0 Å². The number of fused-ring (bicyclic) bond motifs is 1. The van der Waals surface area contributed by atoms with Crippen molar-refractivity contribution in [3.8, 4) is 0 Å². The summed E-state index contributed by atoms with van der Waals surface area (Å²) >= 11 is 2.73. The molecule has 0 aliphatic rings. The van der Waals surface area contributed by atoms with Crippen molar-refractivity contribution in [3.63, 3.8) is 0 Å². The zero-order valence-corrected chi connectivity index (χ0v) is 14.0. The van der Waals surface area contributed by atoms with E-state index in [4.69, 9.17) is 0 Å². The van der Waals surface area contributed by atoms with Gasteiger partial charge in [0.25, 0.3) is 5.56 Å². The molecule has 114 valence electrons. The maximum Gasteiger partial charge on any atom is 0.272 e.